The Morgan fingerprint density at radius 1 is 1.00 bits per heavy atom. The molecule has 3 heterocycles. The standard InChI is InChI=1S/C18H24FN7O/c19-15-3-5-16(6-4-15)24-9-11-25(12-10-24)18(27)14-26-17(20-21-22-26)13-23-7-1-2-8-23/h3-6H,1-2,7-14H2. The minimum Gasteiger partial charge on any atom is -0.368 e. The van der Waals surface area contributed by atoms with Gasteiger partial charge in [-0.25, -0.2) is 9.07 Å². The molecular weight excluding hydrogens is 349 g/mol. The summed E-state index contributed by atoms with van der Waals surface area (Å²) in [5.41, 5.74) is 0.983. The van der Waals surface area contributed by atoms with Gasteiger partial charge in [0.1, 0.15) is 12.4 Å². The van der Waals surface area contributed by atoms with Crippen LogP contribution in [0.4, 0.5) is 10.1 Å². The molecular formula is C18H24FN7O. The van der Waals surface area contributed by atoms with Crippen LogP contribution >= 0.6 is 0 Å². The molecule has 0 bridgehead atoms. The van der Waals surface area contributed by atoms with E-state index in [-0.39, 0.29) is 18.3 Å². The Morgan fingerprint density at radius 3 is 2.41 bits per heavy atom. The molecule has 0 N–H and O–H groups in total. The van der Waals surface area contributed by atoms with Gasteiger partial charge < -0.3 is 9.80 Å². The van der Waals surface area contributed by atoms with Gasteiger partial charge in [0.15, 0.2) is 5.82 Å². The summed E-state index contributed by atoms with van der Waals surface area (Å²) in [6.07, 6.45) is 2.41. The van der Waals surface area contributed by atoms with Gasteiger partial charge >= 0.3 is 0 Å². The van der Waals surface area contributed by atoms with Crippen molar-refractivity contribution in [1.29, 1.82) is 0 Å². The Balaban J connectivity index is 1.31. The molecule has 144 valence electrons. The molecule has 4 rings (SSSR count). The Kier molecular flexibility index (Phi) is 5.28. The van der Waals surface area contributed by atoms with Gasteiger partial charge in [0.05, 0.1) is 6.54 Å². The number of carbonyl (C=O) groups excluding carboxylic acids is 1. The highest BCUT2D eigenvalue weighted by Gasteiger charge is 2.23. The molecule has 1 aromatic carbocycles. The molecule has 0 aliphatic carbocycles. The maximum Gasteiger partial charge on any atom is 0.244 e. The quantitative estimate of drug-likeness (QED) is 0.771. The summed E-state index contributed by atoms with van der Waals surface area (Å²) in [7, 11) is 0. The van der Waals surface area contributed by atoms with E-state index < -0.39 is 0 Å². The fourth-order valence-electron chi connectivity index (χ4n) is 3.69. The van der Waals surface area contributed by atoms with Crippen molar-refractivity contribution in [3.63, 3.8) is 0 Å². The van der Waals surface area contributed by atoms with Gasteiger partial charge in [-0.3, -0.25) is 9.69 Å². The molecule has 2 aromatic rings. The molecule has 0 spiro atoms. The number of rotatable bonds is 5. The van der Waals surface area contributed by atoms with Crippen molar-refractivity contribution in [3.8, 4) is 0 Å². The average molecular weight is 373 g/mol. The van der Waals surface area contributed by atoms with Gasteiger partial charge in [0.25, 0.3) is 0 Å². The summed E-state index contributed by atoms with van der Waals surface area (Å²) in [6, 6.07) is 6.48. The number of aromatic nitrogens is 4. The summed E-state index contributed by atoms with van der Waals surface area (Å²) in [6.45, 7) is 5.73. The monoisotopic (exact) mass is 373 g/mol. The molecule has 2 aliphatic rings. The molecule has 0 saturated carbocycles. The third-order valence-electron chi connectivity index (χ3n) is 5.28. The molecule has 27 heavy (non-hydrogen) atoms. The van der Waals surface area contributed by atoms with E-state index in [1.54, 1.807) is 16.8 Å². The van der Waals surface area contributed by atoms with Crippen LogP contribution in [0.5, 0.6) is 0 Å². The number of nitrogens with zero attached hydrogens (tertiary/aromatic N) is 7. The predicted molar refractivity (Wildman–Crippen MR) is 97.5 cm³/mol. The third kappa shape index (κ3) is 4.24. The molecule has 0 radical (unpaired) electrons. The number of carbonyl (C=O) groups is 1. The number of hydrogen-bond donors (Lipinski definition) is 0. The molecule has 2 aliphatic heterocycles. The lowest BCUT2D eigenvalue weighted by molar-refractivity contribution is -0.132. The Labute approximate surface area is 157 Å². The molecule has 0 atom stereocenters. The van der Waals surface area contributed by atoms with Crippen molar-refractivity contribution in [2.24, 2.45) is 0 Å². The maximum absolute atomic E-state index is 13.1. The van der Waals surface area contributed by atoms with E-state index in [2.05, 4.69) is 25.3 Å². The Bertz CT molecular complexity index is 764. The van der Waals surface area contributed by atoms with E-state index in [4.69, 9.17) is 0 Å². The fourth-order valence-corrected chi connectivity index (χ4v) is 3.69. The predicted octanol–water partition coefficient (Wildman–Crippen LogP) is 0.757. The summed E-state index contributed by atoms with van der Waals surface area (Å²) in [5, 5.41) is 11.8. The molecule has 1 aromatic heterocycles. The van der Waals surface area contributed by atoms with Crippen molar-refractivity contribution in [1.82, 2.24) is 30.0 Å². The van der Waals surface area contributed by atoms with Crippen LogP contribution in [0, 0.1) is 5.82 Å². The number of anilines is 1. The number of hydrogen-bond acceptors (Lipinski definition) is 6. The van der Waals surface area contributed by atoms with E-state index in [0.29, 0.717) is 19.6 Å². The second kappa shape index (κ2) is 7.99. The molecule has 2 saturated heterocycles. The number of likely N-dealkylation sites (tertiary alicyclic amines) is 1. The lowest BCUT2D eigenvalue weighted by Gasteiger charge is -2.36. The lowest BCUT2D eigenvalue weighted by atomic mass is 10.2. The topological polar surface area (TPSA) is 70.4 Å². The number of benzene rings is 1. The van der Waals surface area contributed by atoms with Gasteiger partial charge in [-0.05, 0) is 60.6 Å². The normalized spacial score (nSPS) is 18.3. The first kappa shape index (κ1) is 17.8. The van der Waals surface area contributed by atoms with Crippen LogP contribution in [0.2, 0.25) is 0 Å². The number of amides is 1. The second-order valence-electron chi connectivity index (χ2n) is 7.08. The van der Waals surface area contributed by atoms with Crippen LogP contribution in [-0.2, 0) is 17.9 Å². The lowest BCUT2D eigenvalue weighted by Crippen LogP contribution is -2.49. The van der Waals surface area contributed by atoms with Gasteiger partial charge in [-0.2, -0.15) is 0 Å². The van der Waals surface area contributed by atoms with Gasteiger partial charge in [-0.15, -0.1) is 5.10 Å². The zero-order chi connectivity index (χ0) is 18.6. The van der Waals surface area contributed by atoms with Crippen LogP contribution in [0.3, 0.4) is 0 Å². The Morgan fingerprint density at radius 2 is 1.70 bits per heavy atom. The summed E-state index contributed by atoms with van der Waals surface area (Å²) in [5.74, 6) is 0.540. The van der Waals surface area contributed by atoms with Gasteiger partial charge in [0, 0.05) is 31.9 Å². The van der Waals surface area contributed by atoms with Crippen molar-refractivity contribution >= 4 is 11.6 Å². The first-order valence-corrected chi connectivity index (χ1v) is 9.45. The summed E-state index contributed by atoms with van der Waals surface area (Å²) < 4.78 is 14.7. The van der Waals surface area contributed by atoms with Crippen LogP contribution < -0.4 is 4.90 Å². The summed E-state index contributed by atoms with van der Waals surface area (Å²) >= 11 is 0. The highest BCUT2D eigenvalue weighted by atomic mass is 19.1. The number of halogens is 1. The summed E-state index contributed by atoms with van der Waals surface area (Å²) in [4.78, 5) is 19.0. The van der Waals surface area contributed by atoms with Crippen LogP contribution in [-0.4, -0.2) is 75.2 Å². The Hall–Kier alpha value is -2.55. The van der Waals surface area contributed by atoms with E-state index in [0.717, 1.165) is 37.7 Å². The van der Waals surface area contributed by atoms with Crippen LogP contribution in [0.25, 0.3) is 0 Å². The number of tetrazole rings is 1. The van der Waals surface area contributed by atoms with Crippen LogP contribution in [0.1, 0.15) is 18.7 Å². The highest BCUT2D eigenvalue weighted by molar-refractivity contribution is 5.76. The van der Waals surface area contributed by atoms with Crippen molar-refractivity contribution in [2.45, 2.75) is 25.9 Å². The molecule has 8 nitrogen and oxygen atoms in total. The maximum atomic E-state index is 13.1. The minimum absolute atomic E-state index is 0.0312. The SMILES string of the molecule is O=C(Cn1nnnc1CN1CCCC1)N1CCN(c2ccc(F)cc2)CC1. The first-order chi connectivity index (χ1) is 13.2. The molecule has 9 heteroatoms. The smallest absolute Gasteiger partial charge is 0.244 e. The fraction of sp³-hybridized carbons (Fsp3) is 0.556. The van der Waals surface area contributed by atoms with E-state index >= 15 is 0 Å². The zero-order valence-electron chi connectivity index (χ0n) is 15.3. The van der Waals surface area contributed by atoms with E-state index in [1.165, 1.54) is 25.0 Å². The van der Waals surface area contributed by atoms with E-state index in [1.807, 2.05) is 4.90 Å². The van der Waals surface area contributed by atoms with Crippen molar-refractivity contribution in [2.75, 3.05) is 44.2 Å². The molecule has 0 unspecified atom stereocenters. The zero-order valence-corrected chi connectivity index (χ0v) is 15.3. The minimum atomic E-state index is -0.237. The van der Waals surface area contributed by atoms with Crippen LogP contribution in [0.15, 0.2) is 24.3 Å². The first-order valence-electron chi connectivity index (χ1n) is 9.45. The van der Waals surface area contributed by atoms with Crippen molar-refractivity contribution in [3.05, 3.63) is 35.9 Å². The number of piperazine rings is 1. The molecule has 1 amide bonds. The largest absolute Gasteiger partial charge is 0.368 e. The van der Waals surface area contributed by atoms with Gasteiger partial charge in [0.2, 0.25) is 5.91 Å². The second-order valence-corrected chi connectivity index (χ2v) is 7.08. The average Bonchev–Trinajstić information content (AvgIpc) is 3.35. The van der Waals surface area contributed by atoms with Gasteiger partial charge in [-0.1, -0.05) is 0 Å². The highest BCUT2D eigenvalue weighted by Crippen LogP contribution is 2.17. The molecule has 2 fully saturated rings. The van der Waals surface area contributed by atoms with E-state index in [9.17, 15) is 9.18 Å². The third-order valence-corrected chi connectivity index (χ3v) is 5.28. The van der Waals surface area contributed by atoms with Crippen molar-refractivity contribution < 1.29 is 9.18 Å².